The molecule has 7 nitrogen and oxygen atoms in total. The minimum atomic E-state index is -4.92. The number of ether oxygens (including phenoxy) is 6. The number of hydrogen-bond donors (Lipinski definition) is 0. The quantitative estimate of drug-likeness (QED) is 0.145. The van der Waals surface area contributed by atoms with E-state index in [0.717, 1.165) is 16.7 Å². The number of halogens is 3. The molecule has 6 rings (SSSR count). The molecular formula is C35H32F3NO6. The van der Waals surface area contributed by atoms with E-state index in [9.17, 15) is 13.2 Å². The Morgan fingerprint density at radius 3 is 1.80 bits per heavy atom. The number of rotatable bonds is 9. The van der Waals surface area contributed by atoms with Crippen molar-refractivity contribution in [3.8, 4) is 0 Å². The second-order valence-electron chi connectivity index (χ2n) is 10.6. The Morgan fingerprint density at radius 2 is 1.22 bits per heavy atom. The van der Waals surface area contributed by atoms with Crippen LogP contribution < -0.4 is 0 Å². The minimum absolute atomic E-state index is 0.0257. The second-order valence-corrected chi connectivity index (χ2v) is 10.6. The molecule has 2 aliphatic heterocycles. The van der Waals surface area contributed by atoms with Crippen molar-refractivity contribution in [2.75, 3.05) is 6.61 Å². The maximum atomic E-state index is 14.3. The fourth-order valence-electron chi connectivity index (χ4n) is 5.21. The summed E-state index contributed by atoms with van der Waals surface area (Å²) in [6, 6.07) is 35.9. The van der Waals surface area contributed by atoms with E-state index in [1.165, 1.54) is 12.1 Å². The maximum Gasteiger partial charge on any atom is 0.468 e. The fourth-order valence-corrected chi connectivity index (χ4v) is 5.21. The highest BCUT2D eigenvalue weighted by Crippen LogP contribution is 2.38. The molecule has 0 N–H and O–H groups in total. The topological polar surface area (TPSA) is 67.7 Å². The van der Waals surface area contributed by atoms with Crippen LogP contribution in [0.3, 0.4) is 0 Å². The average Bonchev–Trinajstić information content (AvgIpc) is 3.07. The van der Waals surface area contributed by atoms with Crippen molar-refractivity contribution < 1.29 is 41.6 Å². The van der Waals surface area contributed by atoms with Crippen LogP contribution in [0.25, 0.3) is 0 Å². The van der Waals surface area contributed by atoms with Crippen LogP contribution in [0.4, 0.5) is 18.9 Å². The second kappa shape index (κ2) is 14.4. The highest BCUT2D eigenvalue weighted by Gasteiger charge is 2.54. The molecule has 2 unspecified atom stereocenters. The first-order valence-electron chi connectivity index (χ1n) is 14.6. The number of aliphatic imine (C=N–C) groups is 1. The van der Waals surface area contributed by atoms with E-state index in [2.05, 4.69) is 4.99 Å². The van der Waals surface area contributed by atoms with Gasteiger partial charge in [-0.05, 0) is 23.3 Å². The van der Waals surface area contributed by atoms with Crippen molar-refractivity contribution in [3.05, 3.63) is 138 Å². The third-order valence-corrected chi connectivity index (χ3v) is 7.38. The lowest BCUT2D eigenvalue weighted by atomic mass is 9.97. The molecule has 2 aliphatic rings. The maximum absolute atomic E-state index is 14.3. The molecule has 234 valence electrons. The van der Waals surface area contributed by atoms with Crippen LogP contribution in [0, 0.1) is 0 Å². The van der Waals surface area contributed by atoms with Gasteiger partial charge in [-0.25, -0.2) is 4.99 Å². The van der Waals surface area contributed by atoms with Gasteiger partial charge in [0.15, 0.2) is 6.29 Å². The van der Waals surface area contributed by atoms with Gasteiger partial charge < -0.3 is 28.4 Å². The standard InChI is InChI=1S/C35H32F3NO6/c36-35(37,38)34(39-27-19-11-4-12-20-27)45-33-31(41-22-25-15-7-2-8-16-25)30(40-21-24-13-5-1-6-14-24)29-28(43-33)23-42-32(44-29)26-17-9-3-10-18-26/h1-20,28-33H,21-23H2/t28-,29-,30+,31+,32?,33?/m1/s1. The van der Waals surface area contributed by atoms with E-state index < -0.39 is 49.1 Å². The van der Waals surface area contributed by atoms with E-state index in [1.54, 1.807) is 18.2 Å². The van der Waals surface area contributed by atoms with Crippen LogP contribution in [-0.4, -0.2) is 49.4 Å². The molecule has 4 aromatic carbocycles. The molecule has 0 bridgehead atoms. The SMILES string of the molecule is FC(F)(F)C(=Nc1ccccc1)OC1O[C@@H]2COC(c3ccccc3)O[C@H]2[C@H](OCc2ccccc2)[C@@H]1OCc1ccccc1. The lowest BCUT2D eigenvalue weighted by Gasteiger charge is -2.48. The van der Waals surface area contributed by atoms with Gasteiger partial charge >= 0.3 is 6.18 Å². The van der Waals surface area contributed by atoms with Crippen LogP contribution >= 0.6 is 0 Å². The van der Waals surface area contributed by atoms with Crippen molar-refractivity contribution in [3.63, 3.8) is 0 Å². The molecule has 0 saturated carbocycles. The largest absolute Gasteiger partial charge is 0.468 e. The Kier molecular flexibility index (Phi) is 9.88. The van der Waals surface area contributed by atoms with Crippen LogP contribution in [0.5, 0.6) is 0 Å². The molecule has 2 heterocycles. The lowest BCUT2D eigenvalue weighted by molar-refractivity contribution is -0.364. The van der Waals surface area contributed by atoms with Gasteiger partial charge in [0.2, 0.25) is 6.29 Å². The predicted octanol–water partition coefficient (Wildman–Crippen LogP) is 7.31. The molecule has 0 spiro atoms. The van der Waals surface area contributed by atoms with Gasteiger partial charge in [0.25, 0.3) is 5.90 Å². The summed E-state index contributed by atoms with van der Waals surface area (Å²) in [5, 5.41) is 0. The molecule has 4 aromatic rings. The Hall–Kier alpha value is -4.06. The smallest absolute Gasteiger partial charge is 0.441 e. The molecular weight excluding hydrogens is 587 g/mol. The normalized spacial score (nSPS) is 25.4. The summed E-state index contributed by atoms with van der Waals surface area (Å²) in [5.41, 5.74) is 2.54. The van der Waals surface area contributed by atoms with Gasteiger partial charge in [0, 0.05) is 5.56 Å². The van der Waals surface area contributed by atoms with E-state index in [0.29, 0.717) is 0 Å². The predicted molar refractivity (Wildman–Crippen MR) is 159 cm³/mol. The highest BCUT2D eigenvalue weighted by molar-refractivity contribution is 5.84. The van der Waals surface area contributed by atoms with E-state index in [-0.39, 0.29) is 25.5 Å². The third kappa shape index (κ3) is 7.97. The number of para-hydroxylation sites is 1. The summed E-state index contributed by atoms with van der Waals surface area (Å²) in [6.07, 6.45) is -10.8. The summed E-state index contributed by atoms with van der Waals surface area (Å²) in [5.74, 6) is -1.47. The first-order chi connectivity index (χ1) is 21.9. The average molecular weight is 620 g/mol. The first-order valence-corrected chi connectivity index (χ1v) is 14.6. The fraction of sp³-hybridized carbons (Fsp3) is 0.286. The minimum Gasteiger partial charge on any atom is -0.441 e. The zero-order valence-corrected chi connectivity index (χ0v) is 24.2. The number of hydrogen-bond acceptors (Lipinski definition) is 7. The van der Waals surface area contributed by atoms with Gasteiger partial charge in [-0.2, -0.15) is 13.2 Å². The lowest BCUT2D eigenvalue weighted by Crippen LogP contribution is -2.64. The van der Waals surface area contributed by atoms with Crippen LogP contribution in [0.1, 0.15) is 23.0 Å². The van der Waals surface area contributed by atoms with Crippen molar-refractivity contribution in [1.82, 2.24) is 0 Å². The molecule has 0 amide bonds. The van der Waals surface area contributed by atoms with Gasteiger partial charge in [-0.3, -0.25) is 0 Å². The van der Waals surface area contributed by atoms with Gasteiger partial charge in [-0.15, -0.1) is 0 Å². The molecule has 2 saturated heterocycles. The zero-order chi connectivity index (χ0) is 31.1. The Balaban J connectivity index is 1.34. The Labute approximate surface area is 259 Å². The van der Waals surface area contributed by atoms with Gasteiger partial charge in [0.1, 0.15) is 24.4 Å². The molecule has 6 atom stereocenters. The van der Waals surface area contributed by atoms with Crippen molar-refractivity contribution in [1.29, 1.82) is 0 Å². The van der Waals surface area contributed by atoms with Crippen molar-refractivity contribution in [2.45, 2.75) is 56.4 Å². The number of alkyl halides is 3. The van der Waals surface area contributed by atoms with Crippen LogP contribution in [-0.2, 0) is 41.6 Å². The Morgan fingerprint density at radius 1 is 0.689 bits per heavy atom. The molecule has 0 aliphatic carbocycles. The molecule has 10 heteroatoms. The summed E-state index contributed by atoms with van der Waals surface area (Å²) in [4.78, 5) is 3.78. The first kappa shape index (κ1) is 30.9. The summed E-state index contributed by atoms with van der Waals surface area (Å²) >= 11 is 0. The van der Waals surface area contributed by atoms with E-state index in [4.69, 9.17) is 28.4 Å². The van der Waals surface area contributed by atoms with E-state index in [1.807, 2.05) is 91.0 Å². The number of benzene rings is 4. The molecule has 0 radical (unpaired) electrons. The van der Waals surface area contributed by atoms with E-state index >= 15 is 0 Å². The summed E-state index contributed by atoms with van der Waals surface area (Å²) in [6.45, 7) is 0.238. The van der Waals surface area contributed by atoms with Crippen LogP contribution in [0.15, 0.2) is 126 Å². The van der Waals surface area contributed by atoms with Gasteiger partial charge in [0.05, 0.1) is 25.5 Å². The third-order valence-electron chi connectivity index (χ3n) is 7.38. The highest BCUT2D eigenvalue weighted by atomic mass is 19.4. The summed E-state index contributed by atoms with van der Waals surface area (Å²) in [7, 11) is 0. The number of nitrogens with zero attached hydrogens (tertiary/aromatic N) is 1. The van der Waals surface area contributed by atoms with Crippen molar-refractivity contribution >= 4 is 11.6 Å². The zero-order valence-electron chi connectivity index (χ0n) is 24.2. The van der Waals surface area contributed by atoms with Crippen molar-refractivity contribution in [2.24, 2.45) is 4.99 Å². The molecule has 0 aromatic heterocycles. The monoisotopic (exact) mass is 619 g/mol. The Bertz CT molecular complexity index is 1510. The van der Waals surface area contributed by atoms with Crippen LogP contribution in [0.2, 0.25) is 0 Å². The molecule has 45 heavy (non-hydrogen) atoms. The number of fused-ring (bicyclic) bond motifs is 1. The molecule has 2 fully saturated rings. The summed E-state index contributed by atoms with van der Waals surface area (Å²) < 4.78 is 79.9. The van der Waals surface area contributed by atoms with Gasteiger partial charge in [-0.1, -0.05) is 109 Å².